The Morgan fingerprint density at radius 3 is 2.17 bits per heavy atom. The highest BCUT2D eigenvalue weighted by Gasteiger charge is 2.52. The monoisotopic (exact) mass is 333 g/mol. The Bertz CT molecular complexity index is 567. The number of carbonyl (C=O) groups excluding carboxylic acids is 3. The maximum atomic E-state index is 12.6. The minimum absolute atomic E-state index is 0.0842. The Morgan fingerprint density at radius 1 is 1.17 bits per heavy atom. The molecule has 0 spiro atoms. The van der Waals surface area contributed by atoms with E-state index in [0.717, 1.165) is 41.9 Å². The van der Waals surface area contributed by atoms with Gasteiger partial charge in [0.25, 0.3) is 5.91 Å². The van der Waals surface area contributed by atoms with E-state index in [9.17, 15) is 14.4 Å². The molecule has 5 aliphatic rings. The highest BCUT2D eigenvalue weighted by atomic mass is 16.2. The SMILES string of the molecule is CC[C@@]1(C)NC(=O)N(CC(=O)NC23CC4CC(CC(C4)C2)C3)C1=O. The number of amides is 4. The van der Waals surface area contributed by atoms with Crippen molar-refractivity contribution < 1.29 is 14.4 Å². The van der Waals surface area contributed by atoms with Crippen molar-refractivity contribution in [1.29, 1.82) is 0 Å². The van der Waals surface area contributed by atoms with Crippen molar-refractivity contribution in [2.45, 2.75) is 69.9 Å². The smallest absolute Gasteiger partial charge is 0.325 e. The molecule has 4 bridgehead atoms. The molecule has 0 unspecified atom stereocenters. The summed E-state index contributed by atoms with van der Waals surface area (Å²) in [6.07, 6.45) is 7.67. The van der Waals surface area contributed by atoms with E-state index in [1.807, 2.05) is 6.92 Å². The van der Waals surface area contributed by atoms with Crippen molar-refractivity contribution in [3.05, 3.63) is 0 Å². The molecule has 0 aromatic carbocycles. The summed E-state index contributed by atoms with van der Waals surface area (Å²) in [5, 5.41) is 5.93. The van der Waals surface area contributed by atoms with Gasteiger partial charge in [0.05, 0.1) is 0 Å². The van der Waals surface area contributed by atoms with Gasteiger partial charge < -0.3 is 10.6 Å². The van der Waals surface area contributed by atoms with Crippen LogP contribution >= 0.6 is 0 Å². The molecule has 0 aromatic heterocycles. The third kappa shape index (κ3) is 2.42. The van der Waals surface area contributed by atoms with Gasteiger partial charge in [-0.3, -0.25) is 14.5 Å². The van der Waals surface area contributed by atoms with Gasteiger partial charge in [-0.15, -0.1) is 0 Å². The minimum atomic E-state index is -0.877. The first-order valence-corrected chi connectivity index (χ1v) is 9.27. The molecule has 1 saturated heterocycles. The minimum Gasteiger partial charge on any atom is -0.349 e. The van der Waals surface area contributed by atoms with Crippen molar-refractivity contribution in [3.63, 3.8) is 0 Å². The van der Waals surface area contributed by atoms with E-state index in [-0.39, 0.29) is 23.9 Å². The zero-order valence-corrected chi connectivity index (χ0v) is 14.6. The molecule has 0 aromatic rings. The zero-order chi connectivity index (χ0) is 17.1. The van der Waals surface area contributed by atoms with E-state index in [2.05, 4.69) is 10.6 Å². The van der Waals surface area contributed by atoms with Crippen LogP contribution in [0, 0.1) is 17.8 Å². The Morgan fingerprint density at radius 2 is 1.71 bits per heavy atom. The molecule has 5 fully saturated rings. The molecule has 6 heteroatoms. The van der Waals surface area contributed by atoms with E-state index in [1.165, 1.54) is 19.3 Å². The largest absolute Gasteiger partial charge is 0.349 e. The average Bonchev–Trinajstić information content (AvgIpc) is 2.69. The summed E-state index contributed by atoms with van der Waals surface area (Å²) in [6, 6.07) is -0.454. The van der Waals surface area contributed by atoms with Crippen molar-refractivity contribution in [1.82, 2.24) is 15.5 Å². The molecule has 24 heavy (non-hydrogen) atoms. The third-order valence-electron chi connectivity index (χ3n) is 6.80. The first kappa shape index (κ1) is 15.9. The number of rotatable bonds is 4. The van der Waals surface area contributed by atoms with Crippen LogP contribution in [0.1, 0.15) is 58.8 Å². The standard InChI is InChI=1S/C18H27N3O3/c1-3-17(2)15(23)21(16(24)20-17)10-14(22)19-18-7-11-4-12(8-18)6-13(5-11)9-18/h11-13H,3-10H2,1-2H3,(H,19,22)(H,20,24)/t11?,12?,13?,17-,18?/m1/s1. The summed E-state index contributed by atoms with van der Waals surface area (Å²) < 4.78 is 0. The van der Waals surface area contributed by atoms with Gasteiger partial charge in [-0.2, -0.15) is 0 Å². The van der Waals surface area contributed by atoms with Crippen LogP contribution in [-0.2, 0) is 9.59 Å². The van der Waals surface area contributed by atoms with Crippen LogP contribution in [0.15, 0.2) is 0 Å². The van der Waals surface area contributed by atoms with Gasteiger partial charge in [-0.05, 0) is 69.6 Å². The van der Waals surface area contributed by atoms with Crippen LogP contribution in [0.5, 0.6) is 0 Å². The van der Waals surface area contributed by atoms with E-state index >= 15 is 0 Å². The van der Waals surface area contributed by atoms with Crippen molar-refractivity contribution in [3.8, 4) is 0 Å². The van der Waals surface area contributed by atoms with Crippen LogP contribution in [0.3, 0.4) is 0 Å². The summed E-state index contributed by atoms with van der Waals surface area (Å²) >= 11 is 0. The number of carbonyl (C=O) groups is 3. The second-order valence-corrected chi connectivity index (χ2v) is 8.75. The molecule has 132 valence electrons. The first-order chi connectivity index (χ1) is 11.3. The van der Waals surface area contributed by atoms with Crippen molar-refractivity contribution in [2.75, 3.05) is 6.54 Å². The number of imide groups is 1. The fourth-order valence-corrected chi connectivity index (χ4v) is 5.87. The predicted octanol–water partition coefficient (Wildman–Crippen LogP) is 1.79. The lowest BCUT2D eigenvalue weighted by atomic mass is 9.53. The normalized spacial score (nSPS) is 43.2. The zero-order valence-electron chi connectivity index (χ0n) is 14.6. The lowest BCUT2D eigenvalue weighted by molar-refractivity contribution is -0.136. The van der Waals surface area contributed by atoms with Gasteiger partial charge in [0.2, 0.25) is 5.91 Å². The van der Waals surface area contributed by atoms with Crippen LogP contribution < -0.4 is 10.6 Å². The van der Waals surface area contributed by atoms with Crippen molar-refractivity contribution >= 4 is 17.8 Å². The molecule has 6 nitrogen and oxygen atoms in total. The fraction of sp³-hybridized carbons (Fsp3) is 0.833. The molecule has 4 amide bonds. The molecule has 4 aliphatic carbocycles. The molecule has 2 N–H and O–H groups in total. The van der Waals surface area contributed by atoms with Crippen LogP contribution in [0.2, 0.25) is 0 Å². The topological polar surface area (TPSA) is 78.5 Å². The predicted molar refractivity (Wildman–Crippen MR) is 88.0 cm³/mol. The average molecular weight is 333 g/mol. The lowest BCUT2D eigenvalue weighted by Gasteiger charge is -2.56. The molecular formula is C18H27N3O3. The molecule has 1 aliphatic heterocycles. The van der Waals surface area contributed by atoms with E-state index in [4.69, 9.17) is 0 Å². The lowest BCUT2D eigenvalue weighted by Crippen LogP contribution is -2.61. The van der Waals surface area contributed by atoms with Gasteiger partial charge in [0.1, 0.15) is 12.1 Å². The summed E-state index contributed by atoms with van der Waals surface area (Å²) in [5.41, 5.74) is -0.961. The number of hydrogen-bond donors (Lipinski definition) is 2. The maximum absolute atomic E-state index is 12.6. The highest BCUT2D eigenvalue weighted by Crippen LogP contribution is 2.55. The van der Waals surface area contributed by atoms with Gasteiger partial charge >= 0.3 is 6.03 Å². The number of nitrogens with one attached hydrogen (secondary N) is 2. The van der Waals surface area contributed by atoms with E-state index < -0.39 is 11.6 Å². The molecule has 1 heterocycles. The first-order valence-electron chi connectivity index (χ1n) is 9.27. The number of hydrogen-bond acceptors (Lipinski definition) is 3. The van der Waals surface area contributed by atoms with Gasteiger partial charge in [-0.1, -0.05) is 6.92 Å². The quantitative estimate of drug-likeness (QED) is 0.770. The maximum Gasteiger partial charge on any atom is 0.325 e. The Kier molecular flexibility index (Phi) is 3.45. The molecule has 5 rings (SSSR count). The molecule has 4 saturated carbocycles. The third-order valence-corrected chi connectivity index (χ3v) is 6.80. The van der Waals surface area contributed by atoms with Gasteiger partial charge in [0.15, 0.2) is 0 Å². The Hall–Kier alpha value is -1.59. The summed E-state index contributed by atoms with van der Waals surface area (Å²) in [7, 11) is 0. The van der Waals surface area contributed by atoms with Gasteiger partial charge in [0, 0.05) is 5.54 Å². The van der Waals surface area contributed by atoms with Gasteiger partial charge in [-0.25, -0.2) is 4.79 Å². The summed E-state index contributed by atoms with van der Waals surface area (Å²) in [4.78, 5) is 38.2. The van der Waals surface area contributed by atoms with Crippen LogP contribution in [-0.4, -0.2) is 40.4 Å². The Labute approximate surface area is 142 Å². The summed E-state index contributed by atoms with van der Waals surface area (Å²) in [5.74, 6) is 1.75. The fourth-order valence-electron chi connectivity index (χ4n) is 5.87. The second kappa shape index (κ2) is 5.20. The molecular weight excluding hydrogens is 306 g/mol. The molecule has 0 radical (unpaired) electrons. The van der Waals surface area contributed by atoms with Crippen LogP contribution in [0.25, 0.3) is 0 Å². The second-order valence-electron chi connectivity index (χ2n) is 8.75. The van der Waals surface area contributed by atoms with Crippen molar-refractivity contribution in [2.24, 2.45) is 17.8 Å². The highest BCUT2D eigenvalue weighted by molar-refractivity contribution is 6.08. The van der Waals surface area contributed by atoms with Crippen LogP contribution in [0.4, 0.5) is 4.79 Å². The molecule has 1 atom stereocenters. The Balaban J connectivity index is 1.42. The number of nitrogens with zero attached hydrogens (tertiary/aromatic N) is 1. The summed E-state index contributed by atoms with van der Waals surface area (Å²) in [6.45, 7) is 3.41. The number of urea groups is 1. The van der Waals surface area contributed by atoms with E-state index in [0.29, 0.717) is 6.42 Å². The van der Waals surface area contributed by atoms with E-state index in [1.54, 1.807) is 6.92 Å².